The van der Waals surface area contributed by atoms with Gasteiger partial charge in [0, 0.05) is 11.1 Å². The van der Waals surface area contributed by atoms with Crippen molar-refractivity contribution in [1.29, 1.82) is 0 Å². The number of alkyl halides is 3. The number of benzene rings is 1. The lowest BCUT2D eigenvalue weighted by Crippen LogP contribution is -2.19. The Balaban J connectivity index is 2.73. The predicted molar refractivity (Wildman–Crippen MR) is 61.9 cm³/mol. The number of nitrogens with zero attached hydrogens (tertiary/aromatic N) is 1. The molecule has 98 valence electrons. The Labute approximate surface area is 102 Å². The molecule has 18 heavy (non-hydrogen) atoms. The van der Waals surface area contributed by atoms with Gasteiger partial charge in [0.1, 0.15) is 0 Å². The second-order valence-corrected chi connectivity index (χ2v) is 5.85. The predicted octanol–water partition coefficient (Wildman–Crippen LogP) is 2.55. The Morgan fingerprint density at radius 3 is 2.39 bits per heavy atom. The summed E-state index contributed by atoms with van der Waals surface area (Å²) >= 11 is 0. The number of aromatic nitrogens is 1. The summed E-state index contributed by atoms with van der Waals surface area (Å²) in [5.74, 6) is 0. The molecule has 0 aliphatic heterocycles. The van der Waals surface area contributed by atoms with Crippen LogP contribution < -0.4 is 0 Å². The molecule has 2 aromatic rings. The molecule has 0 saturated heterocycles. The number of fused-ring (bicyclic) bond motifs is 1. The molecule has 0 N–H and O–H groups in total. The van der Waals surface area contributed by atoms with Crippen LogP contribution >= 0.6 is 0 Å². The molecule has 1 aromatic carbocycles. The van der Waals surface area contributed by atoms with Gasteiger partial charge in [-0.3, -0.25) is 0 Å². The van der Waals surface area contributed by atoms with E-state index in [1.54, 1.807) is 18.2 Å². The quantitative estimate of drug-likeness (QED) is 0.846. The van der Waals surface area contributed by atoms with Gasteiger partial charge < -0.3 is 0 Å². The average Bonchev–Trinajstić information content (AvgIpc) is 2.50. The van der Waals surface area contributed by atoms with Crippen LogP contribution in [0, 0.1) is 0 Å². The summed E-state index contributed by atoms with van der Waals surface area (Å²) in [6.45, 7) is 0. The highest BCUT2D eigenvalue weighted by molar-refractivity contribution is 7.89. The van der Waals surface area contributed by atoms with E-state index >= 15 is 0 Å². The Kier molecular flexibility index (Phi) is 2.89. The van der Waals surface area contributed by atoms with Crippen LogP contribution in [0.4, 0.5) is 13.2 Å². The molecule has 0 spiro atoms. The fourth-order valence-corrected chi connectivity index (χ4v) is 2.97. The summed E-state index contributed by atoms with van der Waals surface area (Å²) in [5.41, 5.74) is -0.00884. The summed E-state index contributed by atoms with van der Waals surface area (Å²) in [7, 11) is -3.77. The number of rotatable bonds is 2. The molecule has 0 saturated carbocycles. The van der Waals surface area contributed by atoms with Crippen LogP contribution in [0.5, 0.6) is 0 Å². The lowest BCUT2D eigenvalue weighted by molar-refractivity contribution is -0.127. The van der Waals surface area contributed by atoms with Crippen LogP contribution in [0.1, 0.15) is 5.69 Å². The minimum Gasteiger partial charge on any atom is -0.242 e. The lowest BCUT2D eigenvalue weighted by atomic mass is 10.2. The zero-order chi connectivity index (χ0) is 13.6. The van der Waals surface area contributed by atoms with E-state index in [1.165, 1.54) is 12.1 Å². The zero-order valence-electron chi connectivity index (χ0n) is 9.40. The molecule has 0 atom stereocenters. The molecular weight excluding hydrogens is 267 g/mol. The molecule has 0 aliphatic carbocycles. The first kappa shape index (κ1) is 12.9. The highest BCUT2D eigenvalue weighted by atomic mass is 32.2. The van der Waals surface area contributed by atoms with Crippen molar-refractivity contribution in [3.63, 3.8) is 0 Å². The molecule has 0 radical (unpaired) electrons. The van der Waals surface area contributed by atoms with Crippen LogP contribution in [-0.4, -0.2) is 24.8 Å². The summed E-state index contributed by atoms with van der Waals surface area (Å²) in [6, 6.07) is 7.55. The van der Waals surface area contributed by atoms with Gasteiger partial charge in [0.15, 0.2) is 0 Å². The first-order valence-corrected chi connectivity index (χ1v) is 6.90. The Morgan fingerprint density at radius 1 is 1.22 bits per heavy atom. The largest absolute Gasteiger partial charge is 0.394 e. The minimum atomic E-state index is -4.45. The summed E-state index contributed by atoms with van der Waals surface area (Å²) in [4.78, 5) is 0. The molecule has 0 fully saturated rings. The van der Waals surface area contributed by atoms with E-state index < -0.39 is 22.6 Å². The van der Waals surface area contributed by atoms with E-state index in [4.69, 9.17) is 0 Å². The van der Waals surface area contributed by atoms with Crippen molar-refractivity contribution in [2.75, 3.05) is 6.26 Å². The van der Waals surface area contributed by atoms with Gasteiger partial charge in [-0.15, -0.1) is 0 Å². The van der Waals surface area contributed by atoms with E-state index in [2.05, 4.69) is 0 Å². The van der Waals surface area contributed by atoms with Gasteiger partial charge in [0.25, 0.3) is 0 Å². The fourth-order valence-electron chi connectivity index (χ4n) is 1.91. The molecule has 1 heterocycles. The van der Waals surface area contributed by atoms with Crippen LogP contribution in [0.15, 0.2) is 30.3 Å². The van der Waals surface area contributed by atoms with Crippen LogP contribution in [0.3, 0.4) is 0 Å². The van der Waals surface area contributed by atoms with Gasteiger partial charge in [-0.25, -0.2) is 12.4 Å². The molecule has 0 amide bonds. The summed E-state index contributed by atoms with van der Waals surface area (Å²) in [5, 5.41) is 0.474. The topological polar surface area (TPSA) is 39.1 Å². The van der Waals surface area contributed by atoms with Gasteiger partial charge in [-0.05, 0) is 12.1 Å². The number of halogens is 3. The second-order valence-electron chi connectivity index (χ2n) is 4.01. The molecule has 1 aromatic heterocycles. The number of hydrogen-bond acceptors (Lipinski definition) is 2. The van der Waals surface area contributed by atoms with Gasteiger partial charge in [-0.2, -0.15) is 13.2 Å². The van der Waals surface area contributed by atoms with E-state index in [9.17, 15) is 21.6 Å². The van der Waals surface area contributed by atoms with Crippen molar-refractivity contribution in [2.24, 2.45) is 0 Å². The van der Waals surface area contributed by atoms with Gasteiger partial charge >= 0.3 is 6.18 Å². The average molecular weight is 277 g/mol. The van der Waals surface area contributed by atoms with Gasteiger partial charge in [-0.1, -0.05) is 18.2 Å². The van der Waals surface area contributed by atoms with Crippen LogP contribution in [-0.2, 0) is 16.4 Å². The second kappa shape index (κ2) is 4.01. The molecule has 7 heteroatoms. The smallest absolute Gasteiger partial charge is 0.242 e. The maximum absolute atomic E-state index is 12.4. The lowest BCUT2D eigenvalue weighted by Gasteiger charge is -2.10. The first-order chi connectivity index (χ1) is 8.18. The maximum Gasteiger partial charge on any atom is 0.394 e. The Hall–Kier alpha value is -1.50. The Morgan fingerprint density at radius 2 is 1.83 bits per heavy atom. The summed E-state index contributed by atoms with van der Waals surface area (Å²) in [6.07, 6.45) is -4.83. The molecule has 2 rings (SSSR count). The SMILES string of the molecule is CS(=O)(=O)n1c(CC(F)(F)F)cc2ccccc21. The van der Waals surface area contributed by atoms with Gasteiger partial charge in [0.2, 0.25) is 10.0 Å². The maximum atomic E-state index is 12.4. The van der Waals surface area contributed by atoms with Crippen molar-refractivity contribution in [2.45, 2.75) is 12.6 Å². The first-order valence-electron chi connectivity index (χ1n) is 5.05. The van der Waals surface area contributed by atoms with Crippen molar-refractivity contribution in [1.82, 2.24) is 3.97 Å². The van der Waals surface area contributed by atoms with Crippen molar-refractivity contribution in [3.8, 4) is 0 Å². The van der Waals surface area contributed by atoms with Crippen molar-refractivity contribution >= 4 is 20.9 Å². The number of hydrogen-bond donors (Lipinski definition) is 0. The third kappa shape index (κ3) is 2.50. The molecule has 0 bridgehead atoms. The van der Waals surface area contributed by atoms with Gasteiger partial charge in [0.05, 0.1) is 18.2 Å². The van der Waals surface area contributed by atoms with E-state index in [1.807, 2.05) is 0 Å². The van der Waals surface area contributed by atoms with Crippen LogP contribution in [0.2, 0.25) is 0 Å². The minimum absolute atomic E-state index is 0.263. The standard InChI is InChI=1S/C11H10F3NO2S/c1-18(16,17)15-9(7-11(12,13)14)6-8-4-2-3-5-10(8)15/h2-6H,7H2,1H3. The molecule has 0 unspecified atom stereocenters. The van der Waals surface area contributed by atoms with Crippen molar-refractivity contribution in [3.05, 3.63) is 36.0 Å². The third-order valence-corrected chi connectivity index (χ3v) is 3.55. The third-order valence-electron chi connectivity index (χ3n) is 2.45. The van der Waals surface area contributed by atoms with E-state index in [-0.39, 0.29) is 11.2 Å². The Bertz CT molecular complexity index is 686. The normalized spacial score (nSPS) is 13.1. The van der Waals surface area contributed by atoms with Crippen molar-refractivity contribution < 1.29 is 21.6 Å². The van der Waals surface area contributed by atoms with Crippen LogP contribution in [0.25, 0.3) is 10.9 Å². The highest BCUT2D eigenvalue weighted by Gasteiger charge is 2.31. The molecule has 3 nitrogen and oxygen atoms in total. The summed E-state index contributed by atoms with van der Waals surface area (Å²) < 4.78 is 61.3. The fraction of sp³-hybridized carbons (Fsp3) is 0.273. The monoisotopic (exact) mass is 277 g/mol. The molecule has 0 aliphatic rings. The highest BCUT2D eigenvalue weighted by Crippen LogP contribution is 2.27. The number of para-hydroxylation sites is 1. The zero-order valence-corrected chi connectivity index (χ0v) is 10.2. The van der Waals surface area contributed by atoms with E-state index in [0.717, 1.165) is 10.2 Å². The van der Waals surface area contributed by atoms with E-state index in [0.29, 0.717) is 5.39 Å². The molecular formula is C11H10F3NO2S.